The highest BCUT2D eigenvalue weighted by Crippen LogP contribution is 2.47. The molecule has 21 heavy (non-hydrogen) atoms. The monoisotopic (exact) mass is 291 g/mol. The maximum Gasteiger partial charge on any atom is 0.329 e. The number of allylic oxidation sites excluding steroid dienone is 1. The van der Waals surface area contributed by atoms with Crippen LogP contribution in [0.25, 0.3) is 0 Å². The van der Waals surface area contributed by atoms with Crippen LogP contribution in [0.3, 0.4) is 0 Å². The predicted molar refractivity (Wildman–Crippen MR) is 75.5 cm³/mol. The van der Waals surface area contributed by atoms with E-state index in [1.54, 1.807) is 0 Å². The first-order valence-corrected chi connectivity index (χ1v) is 7.79. The summed E-state index contributed by atoms with van der Waals surface area (Å²) in [6, 6.07) is 0. The minimum absolute atomic E-state index is 0.0173. The largest absolute Gasteiger partial charge is 0.480 e. The third-order valence-corrected chi connectivity index (χ3v) is 5.13. The Morgan fingerprint density at radius 2 is 2.05 bits per heavy atom. The van der Waals surface area contributed by atoms with E-state index in [2.05, 4.69) is 12.2 Å². The van der Waals surface area contributed by atoms with Crippen LogP contribution in [0, 0.1) is 11.8 Å². The molecule has 0 aromatic rings. The highest BCUT2D eigenvalue weighted by molar-refractivity contribution is 6.01. The van der Waals surface area contributed by atoms with Crippen LogP contribution in [-0.4, -0.2) is 28.3 Å². The highest BCUT2D eigenvalue weighted by atomic mass is 16.4. The fraction of sp³-hybridized carbons (Fsp3) is 0.688. The Bertz CT molecular complexity index is 544. The zero-order valence-corrected chi connectivity index (χ0v) is 12.3. The fourth-order valence-corrected chi connectivity index (χ4v) is 3.82. The van der Waals surface area contributed by atoms with Gasteiger partial charge in [0.25, 0.3) is 0 Å². The van der Waals surface area contributed by atoms with Crippen LogP contribution >= 0.6 is 0 Å². The van der Waals surface area contributed by atoms with Crippen LogP contribution in [0.2, 0.25) is 0 Å². The molecule has 2 fully saturated rings. The van der Waals surface area contributed by atoms with E-state index >= 15 is 0 Å². The van der Waals surface area contributed by atoms with Crippen molar-refractivity contribution in [2.24, 2.45) is 11.8 Å². The second-order valence-corrected chi connectivity index (χ2v) is 6.53. The van der Waals surface area contributed by atoms with Crippen LogP contribution in [0.15, 0.2) is 11.1 Å². The molecule has 2 saturated carbocycles. The zero-order chi connectivity index (χ0) is 15.2. The zero-order valence-electron chi connectivity index (χ0n) is 12.3. The van der Waals surface area contributed by atoms with E-state index in [0.29, 0.717) is 25.7 Å². The maximum absolute atomic E-state index is 12.6. The van der Waals surface area contributed by atoms with Gasteiger partial charge in [0.2, 0.25) is 5.91 Å². The van der Waals surface area contributed by atoms with E-state index in [-0.39, 0.29) is 23.5 Å². The van der Waals surface area contributed by atoms with Gasteiger partial charge in [-0.05, 0) is 38.0 Å². The van der Waals surface area contributed by atoms with Gasteiger partial charge in [-0.3, -0.25) is 9.59 Å². The molecule has 0 bridgehead atoms. The van der Waals surface area contributed by atoms with Crippen molar-refractivity contribution < 1.29 is 19.5 Å². The Hall–Kier alpha value is -1.65. The fourth-order valence-electron chi connectivity index (χ4n) is 3.82. The molecule has 0 unspecified atom stereocenters. The number of fused-ring (bicyclic) bond motifs is 1. The second-order valence-electron chi connectivity index (χ2n) is 6.53. The number of Topliss-reactive ketones (excluding diaryl/α,β-unsaturated/α-hetero) is 1. The topological polar surface area (TPSA) is 83.5 Å². The number of rotatable bonds is 5. The lowest BCUT2D eigenvalue weighted by atomic mass is 9.93. The molecule has 0 heterocycles. The Morgan fingerprint density at radius 3 is 2.62 bits per heavy atom. The van der Waals surface area contributed by atoms with Crippen LogP contribution in [0.4, 0.5) is 0 Å². The molecule has 114 valence electrons. The van der Waals surface area contributed by atoms with Gasteiger partial charge in [0.05, 0.1) is 0 Å². The van der Waals surface area contributed by atoms with Crippen molar-refractivity contribution in [1.29, 1.82) is 0 Å². The lowest BCUT2D eigenvalue weighted by molar-refractivity contribution is -0.142. The third kappa shape index (κ3) is 2.28. The molecule has 0 saturated heterocycles. The molecule has 2 atom stereocenters. The van der Waals surface area contributed by atoms with Crippen molar-refractivity contribution in [3.8, 4) is 0 Å². The first-order chi connectivity index (χ1) is 9.98. The number of amides is 1. The van der Waals surface area contributed by atoms with Gasteiger partial charge in [-0.1, -0.05) is 18.9 Å². The molecule has 3 aliphatic rings. The molecule has 0 spiro atoms. The SMILES string of the molecule is CCCC1=C(C(=O)NC2(C(=O)O)CC2)[C@H]2CCC(=O)[C@H]2C1. The average Bonchev–Trinajstić information content (AvgIpc) is 3.00. The summed E-state index contributed by atoms with van der Waals surface area (Å²) < 4.78 is 0. The first kappa shape index (κ1) is 14.3. The second kappa shape index (κ2) is 4.97. The van der Waals surface area contributed by atoms with Gasteiger partial charge in [-0.25, -0.2) is 4.79 Å². The van der Waals surface area contributed by atoms with E-state index in [9.17, 15) is 19.5 Å². The van der Waals surface area contributed by atoms with Gasteiger partial charge in [-0.15, -0.1) is 0 Å². The number of carbonyl (C=O) groups excluding carboxylic acids is 2. The molecule has 5 heteroatoms. The molecule has 2 N–H and O–H groups in total. The van der Waals surface area contributed by atoms with E-state index in [4.69, 9.17) is 0 Å². The number of carboxylic acid groups (broad SMARTS) is 1. The lowest BCUT2D eigenvalue weighted by Crippen LogP contribution is -2.44. The van der Waals surface area contributed by atoms with E-state index < -0.39 is 11.5 Å². The highest BCUT2D eigenvalue weighted by Gasteiger charge is 2.53. The normalized spacial score (nSPS) is 29.5. The van der Waals surface area contributed by atoms with Gasteiger partial charge in [-0.2, -0.15) is 0 Å². The van der Waals surface area contributed by atoms with Crippen LogP contribution in [-0.2, 0) is 14.4 Å². The van der Waals surface area contributed by atoms with Crippen molar-refractivity contribution in [2.75, 3.05) is 0 Å². The molecule has 3 rings (SSSR count). The minimum Gasteiger partial charge on any atom is -0.480 e. The summed E-state index contributed by atoms with van der Waals surface area (Å²) in [6.45, 7) is 2.05. The summed E-state index contributed by atoms with van der Waals surface area (Å²) in [5, 5.41) is 11.9. The molecule has 0 radical (unpaired) electrons. The summed E-state index contributed by atoms with van der Waals surface area (Å²) in [4.78, 5) is 35.8. The van der Waals surface area contributed by atoms with Gasteiger partial charge >= 0.3 is 5.97 Å². The van der Waals surface area contributed by atoms with Crippen molar-refractivity contribution >= 4 is 17.7 Å². The van der Waals surface area contributed by atoms with Gasteiger partial charge < -0.3 is 10.4 Å². The van der Waals surface area contributed by atoms with Gasteiger partial charge in [0, 0.05) is 17.9 Å². The Morgan fingerprint density at radius 1 is 1.33 bits per heavy atom. The first-order valence-electron chi connectivity index (χ1n) is 7.79. The molecule has 5 nitrogen and oxygen atoms in total. The van der Waals surface area contributed by atoms with E-state index in [1.807, 2.05) is 0 Å². The third-order valence-electron chi connectivity index (χ3n) is 5.13. The van der Waals surface area contributed by atoms with Crippen LogP contribution in [0.1, 0.15) is 51.9 Å². The molecule has 0 aromatic heterocycles. The number of aliphatic carboxylic acids is 1. The smallest absolute Gasteiger partial charge is 0.329 e. The van der Waals surface area contributed by atoms with Crippen molar-refractivity contribution in [3.05, 3.63) is 11.1 Å². The van der Waals surface area contributed by atoms with Crippen molar-refractivity contribution in [1.82, 2.24) is 5.32 Å². The van der Waals surface area contributed by atoms with E-state index in [0.717, 1.165) is 30.4 Å². The average molecular weight is 291 g/mol. The molecule has 1 amide bonds. The van der Waals surface area contributed by atoms with Crippen molar-refractivity contribution in [2.45, 2.75) is 57.4 Å². The Kier molecular flexibility index (Phi) is 3.38. The summed E-state index contributed by atoms with van der Waals surface area (Å²) in [5.74, 6) is -0.960. The summed E-state index contributed by atoms with van der Waals surface area (Å²) in [7, 11) is 0. The van der Waals surface area contributed by atoms with Gasteiger partial charge in [0.15, 0.2) is 0 Å². The van der Waals surface area contributed by atoms with Crippen LogP contribution < -0.4 is 5.32 Å². The van der Waals surface area contributed by atoms with Gasteiger partial charge in [0.1, 0.15) is 11.3 Å². The maximum atomic E-state index is 12.6. The quantitative estimate of drug-likeness (QED) is 0.809. The summed E-state index contributed by atoms with van der Waals surface area (Å²) in [5.41, 5.74) is 0.738. The number of nitrogens with one attached hydrogen (secondary N) is 1. The molecule has 0 aliphatic heterocycles. The standard InChI is InChI=1S/C16H21NO4/c1-2-3-9-8-11-10(4-5-12(11)18)13(9)14(19)17-16(6-7-16)15(20)21/h10-11H,2-8H2,1H3,(H,17,19)(H,20,21)/t10-,11-/m0/s1. The summed E-state index contributed by atoms with van der Waals surface area (Å²) >= 11 is 0. The number of ketones is 1. The number of carboxylic acids is 1. The molecular weight excluding hydrogens is 270 g/mol. The molecular formula is C16H21NO4. The predicted octanol–water partition coefficient (Wildman–Crippen LogP) is 1.82. The van der Waals surface area contributed by atoms with Crippen molar-refractivity contribution in [3.63, 3.8) is 0 Å². The number of hydrogen-bond acceptors (Lipinski definition) is 3. The number of carbonyl (C=O) groups is 3. The molecule has 0 aromatic carbocycles. The Labute approximate surface area is 123 Å². The lowest BCUT2D eigenvalue weighted by Gasteiger charge is -2.17. The minimum atomic E-state index is -1.05. The van der Waals surface area contributed by atoms with E-state index in [1.165, 1.54) is 0 Å². The van der Waals surface area contributed by atoms with Crippen LogP contribution in [0.5, 0.6) is 0 Å². The summed E-state index contributed by atoms with van der Waals surface area (Å²) in [6.07, 6.45) is 4.73. The molecule has 3 aliphatic carbocycles. The number of hydrogen-bond donors (Lipinski definition) is 2. The Balaban J connectivity index is 1.83.